The third-order valence-corrected chi connectivity index (χ3v) is 8.35. The van der Waals surface area contributed by atoms with E-state index in [-0.39, 0.29) is 0 Å². The number of fused-ring (bicyclic) bond motifs is 4. The molecule has 9 heteroatoms. The van der Waals surface area contributed by atoms with Crippen LogP contribution in [0.3, 0.4) is 0 Å². The van der Waals surface area contributed by atoms with Crippen LogP contribution in [0.15, 0.2) is 60.7 Å². The summed E-state index contributed by atoms with van der Waals surface area (Å²) in [7, 11) is -3.44. The Hall–Kier alpha value is -2.85. The molecule has 0 radical (unpaired) electrons. The Morgan fingerprint density at radius 3 is 2.80 bits per heavy atom. The summed E-state index contributed by atoms with van der Waals surface area (Å²) in [6.07, 6.45) is 1.00. The van der Waals surface area contributed by atoms with E-state index in [1.165, 1.54) is 30.7 Å². The van der Waals surface area contributed by atoms with Crippen molar-refractivity contribution in [3.8, 4) is 11.5 Å². The molecule has 2 N–H and O–H groups in total. The monoisotopic (exact) mass is 512 g/mol. The number of aliphatic hydroxyl groups excluding tert-OH is 1. The maximum absolute atomic E-state index is 12.2. The molecule has 7 nitrogen and oxygen atoms in total. The Morgan fingerprint density at radius 1 is 1.11 bits per heavy atom. The highest BCUT2D eigenvalue weighted by Crippen LogP contribution is 2.36. The second-order valence-corrected chi connectivity index (χ2v) is 11.6. The largest absolute Gasteiger partial charge is 0.492 e. The summed E-state index contributed by atoms with van der Waals surface area (Å²) in [6, 6.07) is 19.7. The smallest absolute Gasteiger partial charge is 0.232 e. The second-order valence-electron chi connectivity index (χ2n) is 8.59. The second kappa shape index (κ2) is 10.0. The maximum Gasteiger partial charge on any atom is 0.232 e. The number of nitrogens with one attached hydrogen (secondary N) is 1. The minimum absolute atomic E-state index is 0.317. The summed E-state index contributed by atoms with van der Waals surface area (Å²) in [5.74, 6) is 1.33. The number of anilines is 1. The molecule has 0 aliphatic carbocycles. The van der Waals surface area contributed by atoms with Crippen molar-refractivity contribution in [2.24, 2.45) is 0 Å². The number of thiophene rings is 1. The molecule has 3 aromatic carbocycles. The van der Waals surface area contributed by atoms with Crippen molar-refractivity contribution in [1.82, 2.24) is 5.32 Å². The SMILES string of the molecule is CS(=O)(=O)N1CCCOc2ccc([C@@H](O)CNCCOc3ccc4c(c3)sc3ccccc34)cc21. The van der Waals surface area contributed by atoms with Crippen LogP contribution in [0, 0.1) is 0 Å². The molecule has 1 aromatic heterocycles. The van der Waals surface area contributed by atoms with E-state index < -0.39 is 16.1 Å². The van der Waals surface area contributed by atoms with Crippen LogP contribution in [-0.4, -0.2) is 52.6 Å². The van der Waals surface area contributed by atoms with E-state index in [1.54, 1.807) is 29.5 Å². The number of rotatable bonds is 8. The number of ether oxygens (including phenoxy) is 2. The average molecular weight is 513 g/mol. The molecular formula is C26H28N2O5S2. The summed E-state index contributed by atoms with van der Waals surface area (Å²) in [6.45, 7) is 2.15. The minimum Gasteiger partial charge on any atom is -0.492 e. The fourth-order valence-electron chi connectivity index (χ4n) is 4.31. The van der Waals surface area contributed by atoms with Crippen molar-refractivity contribution in [3.63, 3.8) is 0 Å². The number of hydrogen-bond donors (Lipinski definition) is 2. The molecule has 1 aliphatic heterocycles. The van der Waals surface area contributed by atoms with Crippen LogP contribution in [0.1, 0.15) is 18.1 Å². The van der Waals surface area contributed by atoms with Gasteiger partial charge in [-0.2, -0.15) is 0 Å². The zero-order valence-electron chi connectivity index (χ0n) is 19.4. The Bertz CT molecular complexity index is 1450. The lowest BCUT2D eigenvalue weighted by Gasteiger charge is -2.23. The van der Waals surface area contributed by atoms with Gasteiger partial charge >= 0.3 is 0 Å². The van der Waals surface area contributed by atoms with Crippen molar-refractivity contribution < 1.29 is 23.0 Å². The van der Waals surface area contributed by atoms with E-state index in [0.29, 0.717) is 56.3 Å². The third kappa shape index (κ3) is 5.23. The molecule has 1 aliphatic rings. The number of nitrogens with zero attached hydrogens (tertiary/aromatic N) is 1. The maximum atomic E-state index is 12.2. The number of aliphatic hydroxyl groups is 1. The number of sulfonamides is 1. The van der Waals surface area contributed by atoms with Crippen LogP contribution in [-0.2, 0) is 10.0 Å². The van der Waals surface area contributed by atoms with Crippen molar-refractivity contribution in [3.05, 3.63) is 66.2 Å². The topological polar surface area (TPSA) is 88.1 Å². The molecular weight excluding hydrogens is 484 g/mol. The fraction of sp³-hybridized carbons (Fsp3) is 0.308. The normalized spacial score (nSPS) is 15.0. The zero-order chi connectivity index (χ0) is 24.4. The predicted octanol–water partition coefficient (Wildman–Crippen LogP) is 4.31. The van der Waals surface area contributed by atoms with Gasteiger partial charge in [0.2, 0.25) is 10.0 Å². The molecule has 5 rings (SSSR count). The van der Waals surface area contributed by atoms with E-state index in [0.717, 1.165) is 5.75 Å². The van der Waals surface area contributed by atoms with Gasteiger partial charge in [-0.05, 0) is 42.0 Å². The van der Waals surface area contributed by atoms with Gasteiger partial charge in [0.25, 0.3) is 0 Å². The van der Waals surface area contributed by atoms with Crippen LogP contribution >= 0.6 is 11.3 Å². The van der Waals surface area contributed by atoms with Gasteiger partial charge in [-0.25, -0.2) is 8.42 Å². The van der Waals surface area contributed by atoms with Crippen molar-refractivity contribution >= 4 is 47.2 Å². The first-order chi connectivity index (χ1) is 16.9. The first kappa shape index (κ1) is 23.9. The van der Waals surface area contributed by atoms with Gasteiger partial charge in [-0.1, -0.05) is 24.3 Å². The van der Waals surface area contributed by atoms with Gasteiger partial charge in [0.1, 0.15) is 18.1 Å². The van der Waals surface area contributed by atoms with E-state index in [2.05, 4.69) is 41.7 Å². The van der Waals surface area contributed by atoms with Gasteiger partial charge in [0.15, 0.2) is 0 Å². The summed E-state index contributed by atoms with van der Waals surface area (Å²) in [4.78, 5) is 0. The molecule has 1 atom stereocenters. The van der Waals surface area contributed by atoms with E-state index >= 15 is 0 Å². The van der Waals surface area contributed by atoms with E-state index in [1.807, 2.05) is 6.07 Å². The third-order valence-electron chi connectivity index (χ3n) is 6.04. The summed E-state index contributed by atoms with van der Waals surface area (Å²) >= 11 is 1.75. The van der Waals surface area contributed by atoms with Gasteiger partial charge < -0.3 is 19.9 Å². The molecule has 0 amide bonds. The highest BCUT2D eigenvalue weighted by Gasteiger charge is 2.25. The highest BCUT2D eigenvalue weighted by molar-refractivity contribution is 7.92. The van der Waals surface area contributed by atoms with E-state index in [9.17, 15) is 13.5 Å². The van der Waals surface area contributed by atoms with E-state index in [4.69, 9.17) is 9.47 Å². The van der Waals surface area contributed by atoms with Crippen molar-refractivity contribution in [1.29, 1.82) is 0 Å². The van der Waals surface area contributed by atoms with Crippen LogP contribution in [0.5, 0.6) is 11.5 Å². The molecule has 35 heavy (non-hydrogen) atoms. The van der Waals surface area contributed by atoms with Crippen LogP contribution in [0.25, 0.3) is 20.2 Å². The molecule has 0 unspecified atom stereocenters. The van der Waals surface area contributed by atoms with Gasteiger partial charge in [-0.15, -0.1) is 11.3 Å². The number of benzene rings is 3. The molecule has 0 bridgehead atoms. The fourth-order valence-corrected chi connectivity index (χ4v) is 6.40. The first-order valence-corrected chi connectivity index (χ1v) is 14.2. The van der Waals surface area contributed by atoms with Crippen LogP contribution in [0.2, 0.25) is 0 Å². The lowest BCUT2D eigenvalue weighted by molar-refractivity contribution is 0.172. The molecule has 0 fully saturated rings. The lowest BCUT2D eigenvalue weighted by atomic mass is 10.1. The Morgan fingerprint density at radius 2 is 1.94 bits per heavy atom. The molecule has 0 saturated heterocycles. The quantitative estimate of drug-likeness (QED) is 0.342. The molecule has 184 valence electrons. The van der Waals surface area contributed by atoms with Crippen molar-refractivity contribution in [2.45, 2.75) is 12.5 Å². The summed E-state index contributed by atoms with van der Waals surface area (Å²) in [5, 5.41) is 16.4. The lowest BCUT2D eigenvalue weighted by Crippen LogP contribution is -2.30. The Kier molecular flexibility index (Phi) is 6.84. The first-order valence-electron chi connectivity index (χ1n) is 11.6. The number of hydrogen-bond acceptors (Lipinski definition) is 7. The molecule has 0 saturated carbocycles. The molecule has 4 aromatic rings. The minimum atomic E-state index is -3.44. The standard InChI is InChI=1S/C26H28N2O5S2/c1-35(30,31)28-12-4-13-33-24-10-7-18(15-22(24)28)23(29)17-27-11-14-32-19-8-9-21-20-5-2-3-6-25(20)34-26(21)16-19/h2-3,5-10,15-16,23,27,29H,4,11-14,17H2,1H3/t23-/m0/s1. The summed E-state index contributed by atoms with van der Waals surface area (Å²) < 4.78 is 39.9. The van der Waals surface area contributed by atoms with Crippen LogP contribution < -0.4 is 19.1 Å². The Labute approximate surface area is 208 Å². The van der Waals surface area contributed by atoms with Gasteiger partial charge in [-0.3, -0.25) is 4.31 Å². The Balaban J connectivity index is 1.17. The summed E-state index contributed by atoms with van der Waals surface area (Å²) in [5.41, 5.74) is 1.10. The van der Waals surface area contributed by atoms with Crippen molar-refractivity contribution in [2.75, 3.05) is 43.4 Å². The van der Waals surface area contributed by atoms with Gasteiger partial charge in [0.05, 0.1) is 24.7 Å². The van der Waals surface area contributed by atoms with Crippen LogP contribution in [0.4, 0.5) is 5.69 Å². The van der Waals surface area contributed by atoms with Gasteiger partial charge in [0, 0.05) is 46.2 Å². The zero-order valence-corrected chi connectivity index (χ0v) is 21.1. The molecule has 0 spiro atoms. The predicted molar refractivity (Wildman–Crippen MR) is 141 cm³/mol. The molecule has 2 heterocycles. The highest BCUT2D eigenvalue weighted by atomic mass is 32.2. The average Bonchev–Trinajstić information content (AvgIpc) is 3.05.